The van der Waals surface area contributed by atoms with Crippen molar-refractivity contribution in [3.8, 4) is 11.5 Å². The molecule has 28 heavy (non-hydrogen) atoms. The van der Waals surface area contributed by atoms with Crippen molar-refractivity contribution in [1.29, 1.82) is 0 Å². The highest BCUT2D eigenvalue weighted by molar-refractivity contribution is 5.78. The zero-order valence-electron chi connectivity index (χ0n) is 16.9. The van der Waals surface area contributed by atoms with Gasteiger partial charge in [0.2, 0.25) is 5.91 Å². The van der Waals surface area contributed by atoms with E-state index < -0.39 is 0 Å². The third-order valence-electron chi connectivity index (χ3n) is 5.47. The maximum atomic E-state index is 13.1. The van der Waals surface area contributed by atoms with E-state index >= 15 is 0 Å². The Morgan fingerprint density at radius 3 is 2.36 bits per heavy atom. The molecular formula is C22H27FN2O3. The smallest absolute Gasteiger partial charge is 0.237 e. The van der Waals surface area contributed by atoms with E-state index in [9.17, 15) is 9.18 Å². The van der Waals surface area contributed by atoms with Crippen molar-refractivity contribution in [3.05, 3.63) is 58.9 Å². The number of nitrogens with zero attached hydrogens (tertiary/aromatic N) is 2. The fourth-order valence-electron chi connectivity index (χ4n) is 3.54. The molecule has 0 aliphatic carbocycles. The summed E-state index contributed by atoms with van der Waals surface area (Å²) in [4.78, 5) is 16.7. The van der Waals surface area contributed by atoms with Gasteiger partial charge in [-0.15, -0.1) is 0 Å². The molecule has 1 aliphatic rings. The molecule has 1 aliphatic heterocycles. The Morgan fingerprint density at radius 2 is 1.75 bits per heavy atom. The minimum Gasteiger partial charge on any atom is -0.493 e. The highest BCUT2D eigenvalue weighted by Gasteiger charge is 2.24. The van der Waals surface area contributed by atoms with Crippen LogP contribution < -0.4 is 9.47 Å². The van der Waals surface area contributed by atoms with Gasteiger partial charge < -0.3 is 14.4 Å². The number of carbonyl (C=O) groups excluding carboxylic acids is 1. The average Bonchev–Trinajstić information content (AvgIpc) is 2.72. The lowest BCUT2D eigenvalue weighted by Crippen LogP contribution is -2.42. The van der Waals surface area contributed by atoms with Crippen molar-refractivity contribution in [2.45, 2.75) is 25.9 Å². The highest BCUT2D eigenvalue weighted by Crippen LogP contribution is 2.33. The Bertz CT molecular complexity index is 838. The number of carbonyl (C=O) groups is 1. The van der Waals surface area contributed by atoms with Gasteiger partial charge in [0, 0.05) is 19.1 Å². The van der Waals surface area contributed by atoms with Crippen LogP contribution in [0.2, 0.25) is 0 Å². The Balaban J connectivity index is 1.66. The summed E-state index contributed by atoms with van der Waals surface area (Å²) >= 11 is 0. The van der Waals surface area contributed by atoms with Crippen LogP contribution >= 0.6 is 0 Å². The minimum atomic E-state index is -0.256. The van der Waals surface area contributed by atoms with Crippen LogP contribution in [0, 0.1) is 5.82 Å². The van der Waals surface area contributed by atoms with Crippen molar-refractivity contribution in [2.24, 2.45) is 0 Å². The molecule has 0 radical (unpaired) electrons. The molecule has 0 spiro atoms. The van der Waals surface area contributed by atoms with E-state index in [-0.39, 0.29) is 17.8 Å². The van der Waals surface area contributed by atoms with E-state index in [4.69, 9.17) is 9.47 Å². The quantitative estimate of drug-likeness (QED) is 0.763. The molecule has 0 N–H and O–H groups in total. The summed E-state index contributed by atoms with van der Waals surface area (Å²) in [5, 5.41) is 0. The minimum absolute atomic E-state index is 0.0194. The molecule has 0 fully saturated rings. The molecule has 5 nitrogen and oxygen atoms in total. The molecule has 1 heterocycles. The first-order valence-corrected chi connectivity index (χ1v) is 9.40. The number of ether oxygens (including phenoxy) is 2. The van der Waals surface area contributed by atoms with E-state index in [1.807, 2.05) is 35.9 Å². The van der Waals surface area contributed by atoms with Gasteiger partial charge in [-0.2, -0.15) is 0 Å². The van der Waals surface area contributed by atoms with Crippen LogP contribution in [-0.2, 0) is 17.8 Å². The van der Waals surface area contributed by atoms with Crippen molar-refractivity contribution >= 4 is 5.91 Å². The van der Waals surface area contributed by atoms with Crippen LogP contribution in [0.5, 0.6) is 11.5 Å². The zero-order valence-corrected chi connectivity index (χ0v) is 16.9. The number of benzene rings is 2. The number of hydrogen-bond donors (Lipinski definition) is 0. The van der Waals surface area contributed by atoms with Crippen molar-refractivity contribution in [2.75, 3.05) is 34.4 Å². The molecule has 1 atom stereocenters. The predicted octanol–water partition coefficient (Wildman–Crippen LogP) is 3.42. The zero-order chi connectivity index (χ0) is 20.3. The topological polar surface area (TPSA) is 42.0 Å². The second-order valence-electron chi connectivity index (χ2n) is 7.18. The Hall–Kier alpha value is -2.60. The van der Waals surface area contributed by atoms with Crippen LogP contribution in [0.15, 0.2) is 36.4 Å². The molecule has 6 heteroatoms. The van der Waals surface area contributed by atoms with E-state index in [2.05, 4.69) is 0 Å². The molecule has 2 aromatic carbocycles. The maximum absolute atomic E-state index is 13.1. The summed E-state index contributed by atoms with van der Waals surface area (Å²) in [5.74, 6) is 1.22. The lowest BCUT2D eigenvalue weighted by molar-refractivity contribution is -0.133. The number of likely N-dealkylation sites (N-methyl/N-ethyl adjacent to an activating group) is 1. The first kappa shape index (κ1) is 20.1. The number of halogens is 1. The normalized spacial score (nSPS) is 14.6. The van der Waals surface area contributed by atoms with Gasteiger partial charge in [0.1, 0.15) is 5.82 Å². The molecule has 0 saturated carbocycles. The first-order chi connectivity index (χ1) is 13.4. The fourth-order valence-corrected chi connectivity index (χ4v) is 3.54. The molecule has 3 rings (SSSR count). The molecule has 1 unspecified atom stereocenters. The number of hydrogen-bond acceptors (Lipinski definition) is 4. The summed E-state index contributed by atoms with van der Waals surface area (Å²) in [6.07, 6.45) is 0.790. The lowest BCUT2D eigenvalue weighted by Gasteiger charge is -2.32. The van der Waals surface area contributed by atoms with Crippen LogP contribution in [-0.4, -0.2) is 50.1 Å². The third-order valence-corrected chi connectivity index (χ3v) is 5.47. The summed E-state index contributed by atoms with van der Waals surface area (Å²) in [7, 11) is 5.15. The van der Waals surface area contributed by atoms with Crippen molar-refractivity contribution in [1.82, 2.24) is 9.80 Å². The third kappa shape index (κ3) is 4.28. The van der Waals surface area contributed by atoms with Gasteiger partial charge in [-0.1, -0.05) is 12.1 Å². The van der Waals surface area contributed by atoms with Crippen LogP contribution in [0.3, 0.4) is 0 Å². The molecular weight excluding hydrogens is 359 g/mol. The van der Waals surface area contributed by atoms with E-state index in [0.717, 1.165) is 17.5 Å². The van der Waals surface area contributed by atoms with E-state index in [1.54, 1.807) is 26.4 Å². The van der Waals surface area contributed by atoms with Crippen LogP contribution in [0.4, 0.5) is 4.39 Å². The fraction of sp³-hybridized carbons (Fsp3) is 0.409. The Kier molecular flexibility index (Phi) is 6.19. The molecule has 0 aromatic heterocycles. The predicted molar refractivity (Wildman–Crippen MR) is 106 cm³/mol. The second-order valence-corrected chi connectivity index (χ2v) is 7.18. The maximum Gasteiger partial charge on any atom is 0.237 e. The van der Waals surface area contributed by atoms with Gasteiger partial charge in [-0.3, -0.25) is 9.69 Å². The van der Waals surface area contributed by atoms with E-state index in [0.29, 0.717) is 31.1 Å². The Labute approximate surface area is 165 Å². The Morgan fingerprint density at radius 1 is 1.14 bits per heavy atom. The molecule has 0 saturated heterocycles. The summed E-state index contributed by atoms with van der Waals surface area (Å²) in [6.45, 7) is 3.57. The molecule has 0 bridgehead atoms. The van der Waals surface area contributed by atoms with Gasteiger partial charge in [-0.25, -0.2) is 4.39 Å². The molecule has 150 valence electrons. The number of amides is 1. The van der Waals surface area contributed by atoms with Gasteiger partial charge >= 0.3 is 0 Å². The monoisotopic (exact) mass is 386 g/mol. The highest BCUT2D eigenvalue weighted by atomic mass is 19.1. The van der Waals surface area contributed by atoms with Gasteiger partial charge in [-0.05, 0) is 61.3 Å². The first-order valence-electron chi connectivity index (χ1n) is 9.40. The summed E-state index contributed by atoms with van der Waals surface area (Å²) in [5.41, 5.74) is 3.26. The lowest BCUT2D eigenvalue weighted by atomic mass is 9.98. The number of methoxy groups -OCH3 is 2. The van der Waals surface area contributed by atoms with Crippen molar-refractivity contribution < 1.29 is 18.7 Å². The summed E-state index contributed by atoms with van der Waals surface area (Å²) in [6, 6.07) is 10.4. The van der Waals surface area contributed by atoms with Crippen LogP contribution in [0.25, 0.3) is 0 Å². The van der Waals surface area contributed by atoms with Gasteiger partial charge in [0.25, 0.3) is 0 Å². The number of rotatable bonds is 6. The summed E-state index contributed by atoms with van der Waals surface area (Å²) < 4.78 is 23.9. The van der Waals surface area contributed by atoms with Gasteiger partial charge in [0.05, 0.1) is 20.8 Å². The standard InChI is InChI=1S/C22H27FN2O3/c1-15(16-5-7-19(23)8-6-16)24(2)14-22(26)25-10-9-17-11-20(27-3)21(28-4)12-18(17)13-25/h5-8,11-12,15H,9-10,13-14H2,1-4H3. The van der Waals surface area contributed by atoms with Gasteiger partial charge in [0.15, 0.2) is 11.5 Å². The average molecular weight is 386 g/mol. The molecule has 1 amide bonds. The SMILES string of the molecule is COc1cc2c(cc1OC)CN(C(=O)CN(C)C(C)c1ccc(F)cc1)CC2. The van der Waals surface area contributed by atoms with Crippen LogP contribution in [0.1, 0.15) is 29.7 Å². The number of fused-ring (bicyclic) bond motifs is 1. The van der Waals surface area contributed by atoms with E-state index in [1.165, 1.54) is 17.7 Å². The van der Waals surface area contributed by atoms with Crippen molar-refractivity contribution in [3.63, 3.8) is 0 Å². The largest absolute Gasteiger partial charge is 0.493 e. The molecule has 2 aromatic rings. The second kappa shape index (κ2) is 8.61.